The van der Waals surface area contributed by atoms with Crippen molar-refractivity contribution < 1.29 is 22.8 Å². The molecule has 1 aliphatic heterocycles. The Morgan fingerprint density at radius 3 is 2.23 bits per heavy atom. The van der Waals surface area contributed by atoms with Gasteiger partial charge in [0.25, 0.3) is 5.69 Å². The molecule has 0 saturated carbocycles. The maximum Gasteiger partial charge on any atom is 0.417 e. The first-order valence-corrected chi connectivity index (χ1v) is 6.85. The van der Waals surface area contributed by atoms with Gasteiger partial charge in [-0.2, -0.15) is 13.2 Å². The van der Waals surface area contributed by atoms with Gasteiger partial charge in [-0.25, -0.2) is 0 Å². The van der Waals surface area contributed by atoms with Gasteiger partial charge in [0.15, 0.2) is 5.60 Å². The van der Waals surface area contributed by atoms with E-state index < -0.39 is 16.7 Å². The Morgan fingerprint density at radius 2 is 1.82 bits per heavy atom. The van der Waals surface area contributed by atoms with Crippen LogP contribution < -0.4 is 0 Å². The van der Waals surface area contributed by atoms with Gasteiger partial charge in [-0.3, -0.25) is 15.0 Å². The zero-order valence-corrected chi connectivity index (χ0v) is 12.1. The minimum absolute atomic E-state index is 0.00198. The summed E-state index contributed by atoms with van der Waals surface area (Å²) in [6, 6.07) is 6.04. The Balaban J connectivity index is 1.96. The summed E-state index contributed by atoms with van der Waals surface area (Å²) in [6.07, 6.45) is -4.60. The van der Waals surface area contributed by atoms with Gasteiger partial charge in [-0.05, 0) is 18.4 Å². The summed E-state index contributed by atoms with van der Waals surface area (Å²) in [5.41, 5.74) is -1.22. The molecule has 0 atom stereocenters. The van der Waals surface area contributed by atoms with Crippen LogP contribution in [0.5, 0.6) is 0 Å². The van der Waals surface area contributed by atoms with Crippen LogP contribution in [0.1, 0.15) is 18.4 Å². The molecule has 0 bridgehead atoms. The molecule has 2 rings (SSSR count). The average molecular weight is 318 g/mol. The van der Waals surface area contributed by atoms with Crippen molar-refractivity contribution in [3.63, 3.8) is 0 Å². The number of rotatable bonds is 4. The van der Waals surface area contributed by atoms with Crippen LogP contribution in [-0.4, -0.2) is 41.8 Å². The predicted molar refractivity (Wildman–Crippen MR) is 73.4 cm³/mol. The van der Waals surface area contributed by atoms with Gasteiger partial charge in [-0.1, -0.05) is 12.1 Å². The highest BCUT2D eigenvalue weighted by Crippen LogP contribution is 2.41. The van der Waals surface area contributed by atoms with Gasteiger partial charge < -0.3 is 4.74 Å². The normalized spacial score (nSPS) is 19.1. The maximum absolute atomic E-state index is 13.1. The third kappa shape index (κ3) is 3.38. The van der Waals surface area contributed by atoms with Gasteiger partial charge in [0, 0.05) is 38.9 Å². The van der Waals surface area contributed by atoms with E-state index in [2.05, 4.69) is 0 Å². The summed E-state index contributed by atoms with van der Waals surface area (Å²) < 4.78 is 43.9. The number of nitro benzene ring substituents is 1. The maximum atomic E-state index is 13.1. The van der Waals surface area contributed by atoms with E-state index in [1.807, 2.05) is 4.90 Å². The SMILES string of the molecule is COC1(C(F)(F)F)CCN(Cc2ccc([N+](=O)[O-])cc2)CC1. The lowest BCUT2D eigenvalue weighted by molar-refractivity contribution is -0.384. The molecule has 1 fully saturated rings. The lowest BCUT2D eigenvalue weighted by atomic mass is 9.90. The molecule has 122 valence electrons. The Morgan fingerprint density at radius 1 is 1.27 bits per heavy atom. The molecule has 8 heteroatoms. The Bertz CT molecular complexity index is 523. The summed E-state index contributed by atoms with van der Waals surface area (Å²) in [7, 11) is 1.10. The van der Waals surface area contributed by atoms with Crippen molar-refractivity contribution in [2.24, 2.45) is 0 Å². The first-order chi connectivity index (χ1) is 10.3. The standard InChI is InChI=1S/C14H17F3N2O3/c1-22-13(14(15,16)17)6-8-18(9-7-13)10-11-2-4-12(5-3-11)19(20)21/h2-5H,6-10H2,1H3. The van der Waals surface area contributed by atoms with Gasteiger partial charge in [0.1, 0.15) is 0 Å². The molecule has 1 aliphatic rings. The summed E-state index contributed by atoms with van der Waals surface area (Å²) >= 11 is 0. The van der Waals surface area contributed by atoms with Crippen LogP contribution in [0, 0.1) is 10.1 Å². The number of nitrogens with zero attached hydrogens (tertiary/aromatic N) is 2. The number of halogens is 3. The third-order valence-corrected chi connectivity index (χ3v) is 4.12. The fourth-order valence-electron chi connectivity index (χ4n) is 2.66. The monoisotopic (exact) mass is 318 g/mol. The first kappa shape index (κ1) is 16.7. The zero-order chi connectivity index (χ0) is 16.4. The van der Waals surface area contributed by atoms with Crippen molar-refractivity contribution in [2.45, 2.75) is 31.2 Å². The number of alkyl halides is 3. The predicted octanol–water partition coefficient (Wildman–Crippen LogP) is 3.14. The van der Waals surface area contributed by atoms with E-state index in [9.17, 15) is 23.3 Å². The second-order valence-electron chi connectivity index (χ2n) is 5.40. The molecule has 1 heterocycles. The largest absolute Gasteiger partial charge is 0.417 e. The molecule has 22 heavy (non-hydrogen) atoms. The molecule has 0 aromatic heterocycles. The van der Waals surface area contributed by atoms with Crippen molar-refractivity contribution in [1.29, 1.82) is 0 Å². The van der Waals surface area contributed by atoms with Crippen molar-refractivity contribution in [1.82, 2.24) is 4.90 Å². The first-order valence-electron chi connectivity index (χ1n) is 6.85. The van der Waals surface area contributed by atoms with Crippen LogP contribution >= 0.6 is 0 Å². The minimum atomic E-state index is -4.37. The molecule has 0 aliphatic carbocycles. The number of benzene rings is 1. The number of likely N-dealkylation sites (tertiary alicyclic amines) is 1. The molecule has 0 N–H and O–H groups in total. The van der Waals surface area contributed by atoms with Crippen molar-refractivity contribution >= 4 is 5.69 Å². The molecule has 5 nitrogen and oxygen atoms in total. The summed E-state index contributed by atoms with van der Waals surface area (Å²) in [5, 5.41) is 10.6. The highest BCUT2D eigenvalue weighted by Gasteiger charge is 2.56. The lowest BCUT2D eigenvalue weighted by Gasteiger charge is -2.41. The average Bonchev–Trinajstić information content (AvgIpc) is 2.47. The molecular formula is C14H17F3N2O3. The molecule has 1 aromatic rings. The van der Waals surface area contributed by atoms with Crippen molar-refractivity contribution in [3.8, 4) is 0 Å². The quantitative estimate of drug-likeness (QED) is 0.632. The van der Waals surface area contributed by atoms with Crippen LogP contribution in [0.25, 0.3) is 0 Å². The van der Waals surface area contributed by atoms with Crippen molar-refractivity contribution in [3.05, 3.63) is 39.9 Å². The molecule has 0 amide bonds. The summed E-state index contributed by atoms with van der Waals surface area (Å²) in [5.74, 6) is 0. The van der Waals surface area contributed by atoms with Gasteiger partial charge in [-0.15, -0.1) is 0 Å². The van der Waals surface area contributed by atoms with E-state index in [0.29, 0.717) is 6.54 Å². The van der Waals surface area contributed by atoms with Gasteiger partial charge >= 0.3 is 6.18 Å². The van der Waals surface area contributed by atoms with Crippen LogP contribution in [0.4, 0.5) is 18.9 Å². The number of methoxy groups -OCH3 is 1. The second-order valence-corrected chi connectivity index (χ2v) is 5.40. The van der Waals surface area contributed by atoms with Crippen LogP contribution in [0.3, 0.4) is 0 Å². The number of ether oxygens (including phenoxy) is 1. The molecular weight excluding hydrogens is 301 g/mol. The van der Waals surface area contributed by atoms with Crippen LogP contribution in [0.15, 0.2) is 24.3 Å². The van der Waals surface area contributed by atoms with E-state index in [4.69, 9.17) is 4.74 Å². The minimum Gasteiger partial charge on any atom is -0.369 e. The number of nitro groups is 1. The highest BCUT2D eigenvalue weighted by molar-refractivity contribution is 5.32. The molecule has 0 unspecified atom stereocenters. The Hall–Kier alpha value is -1.67. The fourth-order valence-corrected chi connectivity index (χ4v) is 2.66. The van der Waals surface area contributed by atoms with E-state index in [0.717, 1.165) is 12.7 Å². The topological polar surface area (TPSA) is 55.6 Å². The number of hydrogen-bond donors (Lipinski definition) is 0. The van der Waals surface area contributed by atoms with Crippen LogP contribution in [-0.2, 0) is 11.3 Å². The smallest absolute Gasteiger partial charge is 0.369 e. The molecule has 0 spiro atoms. The summed E-state index contributed by atoms with van der Waals surface area (Å²) in [4.78, 5) is 12.0. The molecule has 1 aromatic carbocycles. The van der Waals surface area contributed by atoms with Crippen molar-refractivity contribution in [2.75, 3.05) is 20.2 Å². The molecule has 1 saturated heterocycles. The third-order valence-electron chi connectivity index (χ3n) is 4.12. The van der Waals surface area contributed by atoms with Gasteiger partial charge in [0.05, 0.1) is 4.92 Å². The Kier molecular flexibility index (Phi) is 4.72. The molecule has 0 radical (unpaired) electrons. The number of non-ortho nitro benzene ring substituents is 1. The van der Waals surface area contributed by atoms with Gasteiger partial charge in [0.2, 0.25) is 0 Å². The Labute approximate surface area is 125 Å². The van der Waals surface area contributed by atoms with E-state index in [-0.39, 0.29) is 31.6 Å². The zero-order valence-electron chi connectivity index (χ0n) is 12.1. The highest BCUT2D eigenvalue weighted by atomic mass is 19.4. The van der Waals surface area contributed by atoms with E-state index >= 15 is 0 Å². The van der Waals surface area contributed by atoms with Crippen LogP contribution in [0.2, 0.25) is 0 Å². The second kappa shape index (κ2) is 6.21. The fraction of sp³-hybridized carbons (Fsp3) is 0.571. The number of hydrogen-bond acceptors (Lipinski definition) is 4. The lowest BCUT2D eigenvalue weighted by Crippen LogP contribution is -2.54. The van der Waals surface area contributed by atoms with E-state index in [1.54, 1.807) is 12.1 Å². The number of piperidine rings is 1. The summed E-state index contributed by atoms with van der Waals surface area (Å²) in [6.45, 7) is 1.00. The van der Waals surface area contributed by atoms with E-state index in [1.165, 1.54) is 12.1 Å².